The lowest BCUT2D eigenvalue weighted by Gasteiger charge is -1.98. The van der Waals surface area contributed by atoms with Crippen molar-refractivity contribution in [3.63, 3.8) is 0 Å². The third kappa shape index (κ3) is 4.02. The number of methoxy groups -OCH3 is 1. The number of nitrogens with one attached hydrogen (secondary N) is 1. The first-order chi connectivity index (χ1) is 11.2. The Morgan fingerprint density at radius 3 is 2.70 bits per heavy atom. The van der Waals surface area contributed by atoms with E-state index in [2.05, 4.69) is 15.5 Å². The zero-order chi connectivity index (χ0) is 16.1. The second kappa shape index (κ2) is 7.17. The molecule has 0 spiro atoms. The minimum Gasteiger partial charge on any atom is -0.497 e. The molecule has 0 radical (unpaired) electrons. The quantitative estimate of drug-likeness (QED) is 0.759. The van der Waals surface area contributed by atoms with Gasteiger partial charge >= 0.3 is 0 Å². The number of anilines is 1. The van der Waals surface area contributed by atoms with Crippen LogP contribution in [0, 0.1) is 0 Å². The second-order valence-electron chi connectivity index (χ2n) is 4.48. The van der Waals surface area contributed by atoms with Crippen molar-refractivity contribution in [2.75, 3.05) is 12.4 Å². The molecule has 0 bridgehead atoms. The van der Waals surface area contributed by atoms with Gasteiger partial charge in [-0.2, -0.15) is 0 Å². The molecule has 23 heavy (non-hydrogen) atoms. The van der Waals surface area contributed by atoms with E-state index in [9.17, 15) is 4.79 Å². The number of benzene rings is 1. The van der Waals surface area contributed by atoms with Gasteiger partial charge in [0, 0.05) is 0 Å². The van der Waals surface area contributed by atoms with Crippen LogP contribution in [-0.4, -0.2) is 23.2 Å². The SMILES string of the molecule is COc1ccc(C=Cc2nnc(NC(=O)c3cccs3)s2)cc1. The van der Waals surface area contributed by atoms with Gasteiger partial charge in [0.2, 0.25) is 5.13 Å². The number of ether oxygens (including phenoxy) is 1. The number of aromatic nitrogens is 2. The van der Waals surface area contributed by atoms with Gasteiger partial charge in [0.25, 0.3) is 5.91 Å². The minimum absolute atomic E-state index is 0.165. The van der Waals surface area contributed by atoms with E-state index >= 15 is 0 Å². The van der Waals surface area contributed by atoms with Gasteiger partial charge in [0.05, 0.1) is 12.0 Å². The zero-order valence-corrected chi connectivity index (χ0v) is 13.9. The zero-order valence-electron chi connectivity index (χ0n) is 12.2. The Bertz CT molecular complexity index is 808. The molecule has 1 aromatic carbocycles. The Morgan fingerprint density at radius 2 is 2.00 bits per heavy atom. The summed E-state index contributed by atoms with van der Waals surface area (Å²) in [6.07, 6.45) is 3.80. The van der Waals surface area contributed by atoms with E-state index in [0.717, 1.165) is 16.3 Å². The molecule has 1 amide bonds. The first-order valence-electron chi connectivity index (χ1n) is 6.75. The maximum absolute atomic E-state index is 11.9. The van der Waals surface area contributed by atoms with Gasteiger partial charge in [-0.3, -0.25) is 10.1 Å². The maximum atomic E-state index is 11.9. The topological polar surface area (TPSA) is 64.1 Å². The lowest BCUT2D eigenvalue weighted by atomic mass is 10.2. The molecule has 0 aliphatic heterocycles. The van der Waals surface area contributed by atoms with Crippen molar-refractivity contribution in [2.45, 2.75) is 0 Å². The highest BCUT2D eigenvalue weighted by Crippen LogP contribution is 2.20. The first-order valence-corrected chi connectivity index (χ1v) is 8.45. The molecule has 5 nitrogen and oxygen atoms in total. The van der Waals surface area contributed by atoms with Crippen molar-refractivity contribution >= 4 is 45.9 Å². The Balaban J connectivity index is 1.64. The van der Waals surface area contributed by atoms with Gasteiger partial charge in [0.15, 0.2) is 0 Å². The van der Waals surface area contributed by atoms with Crippen LogP contribution < -0.4 is 10.1 Å². The van der Waals surface area contributed by atoms with Crippen molar-refractivity contribution in [1.82, 2.24) is 10.2 Å². The number of carbonyl (C=O) groups excluding carboxylic acids is 1. The second-order valence-corrected chi connectivity index (χ2v) is 6.44. The average molecular weight is 343 g/mol. The van der Waals surface area contributed by atoms with Crippen LogP contribution in [-0.2, 0) is 0 Å². The van der Waals surface area contributed by atoms with Gasteiger partial charge in [-0.1, -0.05) is 35.6 Å². The summed E-state index contributed by atoms with van der Waals surface area (Å²) >= 11 is 2.71. The van der Waals surface area contributed by atoms with Gasteiger partial charge in [-0.15, -0.1) is 21.5 Å². The van der Waals surface area contributed by atoms with Crippen LogP contribution in [0.25, 0.3) is 12.2 Å². The molecule has 3 aromatic rings. The largest absolute Gasteiger partial charge is 0.497 e. The summed E-state index contributed by atoms with van der Waals surface area (Å²) in [5.74, 6) is 0.651. The van der Waals surface area contributed by atoms with Crippen LogP contribution in [0.1, 0.15) is 20.2 Å². The number of carbonyl (C=O) groups is 1. The minimum atomic E-state index is -0.165. The van der Waals surface area contributed by atoms with E-state index in [1.54, 1.807) is 13.2 Å². The van der Waals surface area contributed by atoms with E-state index in [-0.39, 0.29) is 5.91 Å². The molecular weight excluding hydrogens is 330 g/mol. The number of hydrogen-bond acceptors (Lipinski definition) is 6. The highest BCUT2D eigenvalue weighted by Gasteiger charge is 2.09. The highest BCUT2D eigenvalue weighted by atomic mass is 32.1. The molecule has 0 aliphatic rings. The lowest BCUT2D eigenvalue weighted by Crippen LogP contribution is -2.09. The van der Waals surface area contributed by atoms with Crippen LogP contribution in [0.2, 0.25) is 0 Å². The van der Waals surface area contributed by atoms with Gasteiger partial charge in [0.1, 0.15) is 10.8 Å². The Labute approximate surface area is 141 Å². The molecule has 7 heteroatoms. The van der Waals surface area contributed by atoms with Crippen molar-refractivity contribution in [3.05, 3.63) is 57.2 Å². The van der Waals surface area contributed by atoms with Crippen molar-refractivity contribution < 1.29 is 9.53 Å². The van der Waals surface area contributed by atoms with E-state index < -0.39 is 0 Å². The molecule has 0 unspecified atom stereocenters. The van der Waals surface area contributed by atoms with Crippen molar-refractivity contribution in [1.29, 1.82) is 0 Å². The van der Waals surface area contributed by atoms with Gasteiger partial charge in [-0.05, 0) is 35.2 Å². The molecule has 1 N–H and O–H groups in total. The number of amides is 1. The Kier molecular flexibility index (Phi) is 4.80. The Hall–Kier alpha value is -2.51. The molecule has 2 aromatic heterocycles. The predicted octanol–water partition coefficient (Wildman–Crippen LogP) is 4.03. The summed E-state index contributed by atoms with van der Waals surface area (Å²) < 4.78 is 5.12. The summed E-state index contributed by atoms with van der Waals surface area (Å²) in [5.41, 5.74) is 1.03. The molecule has 2 heterocycles. The number of thiophene rings is 1. The van der Waals surface area contributed by atoms with E-state index in [4.69, 9.17) is 4.74 Å². The summed E-state index contributed by atoms with van der Waals surface area (Å²) in [7, 11) is 1.64. The van der Waals surface area contributed by atoms with Gasteiger partial charge < -0.3 is 4.74 Å². The third-order valence-corrected chi connectivity index (χ3v) is 4.61. The first kappa shape index (κ1) is 15.4. The standard InChI is InChI=1S/C16H13N3O2S2/c1-21-12-7-4-11(5-8-12)6-9-14-18-19-16(23-14)17-15(20)13-3-2-10-22-13/h2-10H,1H3,(H,17,19,20). The average Bonchev–Trinajstić information content (AvgIpc) is 3.25. The summed E-state index contributed by atoms with van der Waals surface area (Å²) in [6, 6.07) is 11.3. The number of nitrogens with zero attached hydrogens (tertiary/aromatic N) is 2. The normalized spacial score (nSPS) is 10.8. The molecule has 0 aliphatic carbocycles. The Morgan fingerprint density at radius 1 is 1.17 bits per heavy atom. The fourth-order valence-electron chi connectivity index (χ4n) is 1.80. The number of rotatable bonds is 5. The summed E-state index contributed by atoms with van der Waals surface area (Å²) in [6.45, 7) is 0. The molecule has 0 atom stereocenters. The van der Waals surface area contributed by atoms with Crippen LogP contribution in [0.4, 0.5) is 5.13 Å². The lowest BCUT2D eigenvalue weighted by molar-refractivity contribution is 0.103. The molecule has 0 saturated carbocycles. The van der Waals surface area contributed by atoms with Crippen molar-refractivity contribution in [2.24, 2.45) is 0 Å². The highest BCUT2D eigenvalue weighted by molar-refractivity contribution is 7.16. The molecule has 0 fully saturated rings. The van der Waals surface area contributed by atoms with Crippen LogP contribution in [0.3, 0.4) is 0 Å². The summed E-state index contributed by atoms with van der Waals surface area (Å²) in [5, 5.41) is 13.8. The van der Waals surface area contributed by atoms with Crippen LogP contribution in [0.15, 0.2) is 41.8 Å². The fraction of sp³-hybridized carbons (Fsp3) is 0.0625. The van der Waals surface area contributed by atoms with E-state index in [1.165, 1.54) is 22.7 Å². The smallest absolute Gasteiger partial charge is 0.267 e. The summed E-state index contributed by atoms with van der Waals surface area (Å²) in [4.78, 5) is 12.6. The molecular formula is C16H13N3O2S2. The predicted molar refractivity (Wildman–Crippen MR) is 94.1 cm³/mol. The molecule has 0 saturated heterocycles. The monoisotopic (exact) mass is 343 g/mol. The molecule has 116 valence electrons. The molecule has 3 rings (SSSR count). The maximum Gasteiger partial charge on any atom is 0.267 e. The third-order valence-electron chi connectivity index (χ3n) is 2.94. The van der Waals surface area contributed by atoms with Gasteiger partial charge in [-0.25, -0.2) is 0 Å². The fourth-order valence-corrected chi connectivity index (χ4v) is 3.06. The van der Waals surface area contributed by atoms with E-state index in [0.29, 0.717) is 10.0 Å². The van der Waals surface area contributed by atoms with Crippen LogP contribution in [0.5, 0.6) is 5.75 Å². The number of hydrogen-bond donors (Lipinski definition) is 1. The van der Waals surface area contributed by atoms with E-state index in [1.807, 2.05) is 47.9 Å². The van der Waals surface area contributed by atoms with Crippen molar-refractivity contribution in [3.8, 4) is 5.75 Å². The van der Waals surface area contributed by atoms with Crippen LogP contribution >= 0.6 is 22.7 Å².